The van der Waals surface area contributed by atoms with E-state index in [2.05, 4.69) is 19.2 Å². The number of nitrogens with one attached hydrogen (secondary N) is 1. The van der Waals surface area contributed by atoms with Crippen molar-refractivity contribution in [3.63, 3.8) is 0 Å². The number of nitrogens with two attached hydrogens (primary N) is 1. The lowest BCUT2D eigenvalue weighted by Crippen LogP contribution is -2.44. The molecule has 0 aliphatic heterocycles. The summed E-state index contributed by atoms with van der Waals surface area (Å²) in [7, 11) is 0. The molecule has 0 unspecified atom stereocenters. The highest BCUT2D eigenvalue weighted by molar-refractivity contribution is 5.97. The van der Waals surface area contributed by atoms with Crippen molar-refractivity contribution in [1.82, 2.24) is 5.32 Å². The molecule has 2 aromatic rings. The van der Waals surface area contributed by atoms with Gasteiger partial charge in [-0.25, -0.2) is 0 Å². The van der Waals surface area contributed by atoms with Crippen LogP contribution in [0.5, 0.6) is 0 Å². The second-order valence-electron chi connectivity index (χ2n) is 6.23. The molecule has 0 aromatic heterocycles. The number of carbonyl (C=O) groups excluding carboxylic acids is 2. The van der Waals surface area contributed by atoms with Crippen LogP contribution in [0.2, 0.25) is 0 Å². The number of carbonyl (C=O) groups is 2. The van der Waals surface area contributed by atoms with Crippen LogP contribution in [0.3, 0.4) is 0 Å². The maximum Gasteiger partial charge on any atom is 0.251 e. The molecule has 24 heavy (non-hydrogen) atoms. The van der Waals surface area contributed by atoms with Crippen molar-refractivity contribution in [1.29, 1.82) is 0 Å². The maximum atomic E-state index is 12.3. The maximum absolute atomic E-state index is 12.3. The second kappa shape index (κ2) is 8.29. The summed E-state index contributed by atoms with van der Waals surface area (Å²) in [5.74, 6) is -0.383. The second-order valence-corrected chi connectivity index (χ2v) is 6.23. The number of hydrogen-bond acceptors (Lipinski definition) is 2. The average molecular weight is 324 g/mol. The quantitative estimate of drug-likeness (QED) is 0.821. The Labute approximate surface area is 143 Å². The van der Waals surface area contributed by atoms with Crippen LogP contribution in [0.4, 0.5) is 0 Å². The SMILES string of the molecule is CC(C)c1ccc(C(=O)N[C@@H](CCc2ccccc2)C(N)=O)cc1. The van der Waals surface area contributed by atoms with Gasteiger partial charge < -0.3 is 11.1 Å². The largest absolute Gasteiger partial charge is 0.368 e. The summed E-state index contributed by atoms with van der Waals surface area (Å²) in [6.45, 7) is 4.20. The van der Waals surface area contributed by atoms with Crippen LogP contribution in [-0.2, 0) is 11.2 Å². The molecule has 2 rings (SSSR count). The van der Waals surface area contributed by atoms with E-state index in [1.54, 1.807) is 12.1 Å². The predicted molar refractivity (Wildman–Crippen MR) is 95.7 cm³/mol. The first-order valence-corrected chi connectivity index (χ1v) is 8.21. The highest BCUT2D eigenvalue weighted by atomic mass is 16.2. The molecular formula is C20H24N2O2. The molecule has 4 heteroatoms. The zero-order valence-electron chi connectivity index (χ0n) is 14.2. The summed E-state index contributed by atoms with van der Waals surface area (Å²) in [4.78, 5) is 24.0. The number of rotatable bonds is 7. The molecule has 126 valence electrons. The molecule has 0 heterocycles. The Bertz CT molecular complexity index is 679. The van der Waals surface area contributed by atoms with Crippen molar-refractivity contribution in [2.24, 2.45) is 5.73 Å². The topological polar surface area (TPSA) is 72.2 Å². The Hall–Kier alpha value is -2.62. The summed E-state index contributed by atoms with van der Waals surface area (Å²) in [5, 5.41) is 2.74. The van der Waals surface area contributed by atoms with Gasteiger partial charge in [0.25, 0.3) is 5.91 Å². The van der Waals surface area contributed by atoms with E-state index >= 15 is 0 Å². The first-order valence-electron chi connectivity index (χ1n) is 8.21. The first-order chi connectivity index (χ1) is 11.5. The summed E-state index contributed by atoms with van der Waals surface area (Å²) < 4.78 is 0. The molecule has 0 radical (unpaired) electrons. The minimum Gasteiger partial charge on any atom is -0.368 e. The van der Waals surface area contributed by atoms with Gasteiger partial charge in [-0.2, -0.15) is 0 Å². The van der Waals surface area contributed by atoms with Crippen LogP contribution in [-0.4, -0.2) is 17.9 Å². The lowest BCUT2D eigenvalue weighted by molar-refractivity contribution is -0.120. The lowest BCUT2D eigenvalue weighted by atomic mass is 10.0. The molecular weight excluding hydrogens is 300 g/mol. The molecule has 1 atom stereocenters. The van der Waals surface area contributed by atoms with Gasteiger partial charge in [0.05, 0.1) is 0 Å². The van der Waals surface area contributed by atoms with E-state index < -0.39 is 11.9 Å². The van der Waals surface area contributed by atoms with E-state index in [-0.39, 0.29) is 5.91 Å². The summed E-state index contributed by atoms with van der Waals surface area (Å²) in [6, 6.07) is 16.6. The van der Waals surface area contributed by atoms with Crippen LogP contribution in [0.1, 0.15) is 47.7 Å². The van der Waals surface area contributed by atoms with Crippen molar-refractivity contribution < 1.29 is 9.59 Å². The Kier molecular flexibility index (Phi) is 6.13. The van der Waals surface area contributed by atoms with Crippen molar-refractivity contribution in [3.8, 4) is 0 Å². The fourth-order valence-corrected chi connectivity index (χ4v) is 2.50. The Balaban J connectivity index is 1.99. The number of primary amides is 1. The van der Waals surface area contributed by atoms with Gasteiger partial charge >= 0.3 is 0 Å². The van der Waals surface area contributed by atoms with Crippen LogP contribution in [0.25, 0.3) is 0 Å². The van der Waals surface area contributed by atoms with Gasteiger partial charge in [0, 0.05) is 5.56 Å². The number of benzene rings is 2. The normalized spacial score (nSPS) is 12.0. The van der Waals surface area contributed by atoms with Crippen molar-refractivity contribution in [3.05, 3.63) is 71.3 Å². The van der Waals surface area contributed by atoms with Gasteiger partial charge in [0.15, 0.2) is 0 Å². The fourth-order valence-electron chi connectivity index (χ4n) is 2.50. The summed E-state index contributed by atoms with van der Waals surface area (Å²) in [5.41, 5.74) is 8.25. The van der Waals surface area contributed by atoms with E-state index in [9.17, 15) is 9.59 Å². The van der Waals surface area contributed by atoms with Crippen molar-refractivity contribution in [2.45, 2.75) is 38.6 Å². The minimum atomic E-state index is -0.678. The predicted octanol–water partition coefficient (Wildman–Crippen LogP) is 3.03. The molecule has 0 aliphatic carbocycles. The van der Waals surface area contributed by atoms with Crippen molar-refractivity contribution in [2.75, 3.05) is 0 Å². The molecule has 2 aromatic carbocycles. The van der Waals surface area contributed by atoms with Gasteiger partial charge in [-0.15, -0.1) is 0 Å². The summed E-state index contributed by atoms with van der Waals surface area (Å²) >= 11 is 0. The lowest BCUT2D eigenvalue weighted by Gasteiger charge is -2.16. The third-order valence-corrected chi connectivity index (χ3v) is 4.05. The molecule has 3 N–H and O–H groups in total. The van der Waals surface area contributed by atoms with E-state index in [0.717, 1.165) is 5.56 Å². The van der Waals surface area contributed by atoms with Crippen molar-refractivity contribution >= 4 is 11.8 Å². The first kappa shape index (κ1) is 17.7. The molecule has 0 fully saturated rings. The van der Waals surface area contributed by atoms with Gasteiger partial charge in [-0.1, -0.05) is 56.3 Å². The highest BCUT2D eigenvalue weighted by Crippen LogP contribution is 2.15. The molecule has 0 saturated heterocycles. The average Bonchev–Trinajstić information content (AvgIpc) is 2.59. The number of amides is 2. The minimum absolute atomic E-state index is 0.276. The van der Waals surface area contributed by atoms with Gasteiger partial charge in [0.2, 0.25) is 5.91 Å². The van der Waals surface area contributed by atoms with E-state index in [4.69, 9.17) is 5.73 Å². The zero-order chi connectivity index (χ0) is 17.5. The Morgan fingerprint density at radius 2 is 1.62 bits per heavy atom. The van der Waals surface area contributed by atoms with Gasteiger partial charge in [-0.05, 0) is 42.0 Å². The van der Waals surface area contributed by atoms with Gasteiger partial charge in [-0.3, -0.25) is 9.59 Å². The number of hydrogen-bond donors (Lipinski definition) is 2. The Morgan fingerprint density at radius 3 is 2.17 bits per heavy atom. The zero-order valence-corrected chi connectivity index (χ0v) is 14.2. The number of aryl methyl sites for hydroxylation is 1. The third-order valence-electron chi connectivity index (χ3n) is 4.05. The monoisotopic (exact) mass is 324 g/mol. The van der Waals surface area contributed by atoms with E-state index in [1.807, 2.05) is 42.5 Å². The van der Waals surface area contributed by atoms with E-state index in [1.165, 1.54) is 5.56 Å². The van der Waals surface area contributed by atoms with Crippen LogP contribution in [0, 0.1) is 0 Å². The molecule has 0 aliphatic rings. The third kappa shape index (κ3) is 4.95. The highest BCUT2D eigenvalue weighted by Gasteiger charge is 2.19. The Morgan fingerprint density at radius 1 is 1.00 bits per heavy atom. The summed E-state index contributed by atoms with van der Waals surface area (Å²) in [6.07, 6.45) is 1.16. The van der Waals surface area contributed by atoms with Crippen LogP contribution >= 0.6 is 0 Å². The molecule has 4 nitrogen and oxygen atoms in total. The molecule has 0 bridgehead atoms. The van der Waals surface area contributed by atoms with Crippen LogP contribution < -0.4 is 11.1 Å². The molecule has 0 spiro atoms. The standard InChI is InChI=1S/C20H24N2O2/c1-14(2)16-9-11-17(12-10-16)20(24)22-18(19(21)23)13-8-15-6-4-3-5-7-15/h3-7,9-12,14,18H,8,13H2,1-2H3,(H2,21,23)(H,22,24)/t18-/m0/s1. The van der Waals surface area contributed by atoms with Crippen LogP contribution in [0.15, 0.2) is 54.6 Å². The van der Waals surface area contributed by atoms with Gasteiger partial charge in [0.1, 0.15) is 6.04 Å². The fraction of sp³-hybridized carbons (Fsp3) is 0.300. The smallest absolute Gasteiger partial charge is 0.251 e. The van der Waals surface area contributed by atoms with E-state index in [0.29, 0.717) is 24.3 Å². The molecule has 0 saturated carbocycles. The molecule has 2 amide bonds.